The molecular weight excluding hydrogens is 282 g/mol. The van der Waals surface area contributed by atoms with E-state index in [4.69, 9.17) is 19.9 Å². The number of fused-ring (bicyclic) bond motifs is 1. The van der Waals surface area contributed by atoms with Gasteiger partial charge in [-0.1, -0.05) is 0 Å². The molecule has 1 heterocycles. The largest absolute Gasteiger partial charge is 0.486 e. The molecule has 2 rings (SSSR count). The molecule has 0 bridgehead atoms. The van der Waals surface area contributed by atoms with Crippen molar-refractivity contribution in [1.29, 1.82) is 0 Å². The molecule has 112 valence electrons. The van der Waals surface area contributed by atoms with Crippen molar-refractivity contribution < 1.29 is 22.6 Å². The highest BCUT2D eigenvalue weighted by molar-refractivity contribution is 7.91. The summed E-state index contributed by atoms with van der Waals surface area (Å²) < 4.78 is 40.7. The van der Waals surface area contributed by atoms with E-state index in [-0.39, 0.29) is 17.2 Å². The summed E-state index contributed by atoms with van der Waals surface area (Å²) in [5.41, 5.74) is 5.52. The molecule has 1 atom stereocenters. The normalized spacial score (nSPS) is 15.9. The minimum absolute atomic E-state index is 0.142. The third-order valence-electron chi connectivity index (χ3n) is 2.94. The number of hydrogen-bond acceptors (Lipinski definition) is 6. The third kappa shape index (κ3) is 3.41. The van der Waals surface area contributed by atoms with Crippen molar-refractivity contribution in [2.45, 2.75) is 17.9 Å². The molecule has 0 aliphatic carbocycles. The number of hydrogen-bond donors (Lipinski definition) is 1. The highest BCUT2D eigenvalue weighted by atomic mass is 32.2. The van der Waals surface area contributed by atoms with Crippen LogP contribution in [-0.4, -0.2) is 46.6 Å². The minimum atomic E-state index is -3.47. The number of benzene rings is 1. The van der Waals surface area contributed by atoms with Gasteiger partial charge in [-0.25, -0.2) is 8.42 Å². The van der Waals surface area contributed by atoms with E-state index in [1.54, 1.807) is 13.0 Å². The van der Waals surface area contributed by atoms with Gasteiger partial charge in [0.2, 0.25) is 0 Å². The Labute approximate surface area is 118 Å². The van der Waals surface area contributed by atoms with Crippen molar-refractivity contribution in [3.05, 3.63) is 18.2 Å². The maximum atomic E-state index is 12.3. The fourth-order valence-corrected chi connectivity index (χ4v) is 3.45. The zero-order valence-electron chi connectivity index (χ0n) is 11.4. The predicted molar refractivity (Wildman–Crippen MR) is 74.0 cm³/mol. The maximum Gasteiger partial charge on any atom is 0.181 e. The summed E-state index contributed by atoms with van der Waals surface area (Å²) in [4.78, 5) is 0.194. The molecule has 0 saturated heterocycles. The Morgan fingerprint density at radius 1 is 1.30 bits per heavy atom. The van der Waals surface area contributed by atoms with Crippen LogP contribution in [0.25, 0.3) is 0 Å². The summed E-state index contributed by atoms with van der Waals surface area (Å²) in [6.45, 7) is 3.29. The van der Waals surface area contributed by atoms with E-state index in [1.165, 1.54) is 12.1 Å². The van der Waals surface area contributed by atoms with Gasteiger partial charge in [0, 0.05) is 19.2 Å². The predicted octanol–water partition coefficient (Wildman–Crippen LogP) is 0.595. The monoisotopic (exact) mass is 301 g/mol. The van der Waals surface area contributed by atoms with Crippen molar-refractivity contribution >= 4 is 9.84 Å². The topological polar surface area (TPSA) is 87.9 Å². The van der Waals surface area contributed by atoms with Crippen LogP contribution in [0.15, 0.2) is 23.1 Å². The Balaban J connectivity index is 2.20. The molecule has 0 radical (unpaired) electrons. The highest BCUT2D eigenvalue weighted by Crippen LogP contribution is 2.32. The minimum Gasteiger partial charge on any atom is -0.486 e. The number of sulfone groups is 1. The first-order valence-corrected chi connectivity index (χ1v) is 8.16. The zero-order valence-corrected chi connectivity index (χ0v) is 12.2. The van der Waals surface area contributed by atoms with Crippen molar-refractivity contribution in [3.8, 4) is 11.5 Å². The van der Waals surface area contributed by atoms with Crippen LogP contribution in [0.4, 0.5) is 0 Å². The van der Waals surface area contributed by atoms with Gasteiger partial charge in [0.15, 0.2) is 21.3 Å². The Morgan fingerprint density at radius 3 is 2.65 bits per heavy atom. The molecule has 20 heavy (non-hydrogen) atoms. The molecular formula is C13H19NO5S. The molecule has 1 aliphatic heterocycles. The molecule has 7 heteroatoms. The third-order valence-corrected chi connectivity index (χ3v) is 4.73. The van der Waals surface area contributed by atoms with Crippen LogP contribution in [0, 0.1) is 0 Å². The lowest BCUT2D eigenvalue weighted by Gasteiger charge is -2.19. The van der Waals surface area contributed by atoms with Crippen molar-refractivity contribution in [2.75, 3.05) is 32.1 Å². The van der Waals surface area contributed by atoms with Crippen molar-refractivity contribution in [3.63, 3.8) is 0 Å². The molecule has 0 spiro atoms. The van der Waals surface area contributed by atoms with Crippen LogP contribution >= 0.6 is 0 Å². The smallest absolute Gasteiger partial charge is 0.181 e. The van der Waals surface area contributed by atoms with Crippen LogP contribution in [0.2, 0.25) is 0 Å². The summed E-state index contributed by atoms with van der Waals surface area (Å²) in [5, 5.41) is 0. The SMILES string of the molecule is CCOC(CN)CS(=O)(=O)c1ccc2c(c1)OCCO2. The lowest BCUT2D eigenvalue weighted by molar-refractivity contribution is 0.0846. The second-order valence-electron chi connectivity index (χ2n) is 4.40. The molecule has 1 aromatic rings. The van der Waals surface area contributed by atoms with Crippen LogP contribution < -0.4 is 15.2 Å². The van der Waals surface area contributed by atoms with Gasteiger partial charge in [-0.2, -0.15) is 0 Å². The molecule has 0 fully saturated rings. The number of nitrogens with two attached hydrogens (primary N) is 1. The van der Waals surface area contributed by atoms with Gasteiger partial charge < -0.3 is 19.9 Å². The van der Waals surface area contributed by atoms with Gasteiger partial charge in [0.05, 0.1) is 16.8 Å². The second-order valence-corrected chi connectivity index (χ2v) is 6.43. The number of ether oxygens (including phenoxy) is 3. The molecule has 0 amide bonds. The fraction of sp³-hybridized carbons (Fsp3) is 0.538. The first-order valence-electron chi connectivity index (χ1n) is 6.51. The Morgan fingerprint density at radius 2 is 2.00 bits per heavy atom. The van der Waals surface area contributed by atoms with Gasteiger partial charge in [-0.3, -0.25) is 0 Å². The van der Waals surface area contributed by atoms with Gasteiger partial charge in [0.25, 0.3) is 0 Å². The molecule has 0 saturated carbocycles. The lowest BCUT2D eigenvalue weighted by atomic mass is 10.3. The molecule has 1 unspecified atom stereocenters. The molecule has 6 nitrogen and oxygen atoms in total. The van der Waals surface area contributed by atoms with E-state index in [1.807, 2.05) is 0 Å². The molecule has 1 aliphatic rings. The van der Waals surface area contributed by atoms with Crippen LogP contribution in [-0.2, 0) is 14.6 Å². The van der Waals surface area contributed by atoms with Crippen LogP contribution in [0.3, 0.4) is 0 Å². The molecule has 0 aromatic heterocycles. The van der Waals surface area contributed by atoms with Gasteiger partial charge >= 0.3 is 0 Å². The number of rotatable bonds is 6. The van der Waals surface area contributed by atoms with E-state index >= 15 is 0 Å². The average molecular weight is 301 g/mol. The summed E-state index contributed by atoms with van der Waals surface area (Å²) >= 11 is 0. The van der Waals surface area contributed by atoms with E-state index < -0.39 is 15.9 Å². The fourth-order valence-electron chi connectivity index (χ4n) is 1.98. The van der Waals surface area contributed by atoms with E-state index in [9.17, 15) is 8.42 Å². The standard InChI is InChI=1S/C13H19NO5S/c1-2-17-10(8-14)9-20(15,16)11-3-4-12-13(7-11)19-6-5-18-12/h3-4,7,10H,2,5-6,8-9,14H2,1H3. The first-order chi connectivity index (χ1) is 9.56. The average Bonchev–Trinajstić information content (AvgIpc) is 2.46. The summed E-state index contributed by atoms with van der Waals surface area (Å²) in [7, 11) is -3.47. The summed E-state index contributed by atoms with van der Waals surface area (Å²) in [6, 6.07) is 4.62. The molecule has 2 N–H and O–H groups in total. The van der Waals surface area contributed by atoms with E-state index in [2.05, 4.69) is 0 Å². The first kappa shape index (κ1) is 15.1. The van der Waals surface area contributed by atoms with Gasteiger partial charge in [0.1, 0.15) is 13.2 Å². The Kier molecular flexibility index (Phi) is 4.85. The van der Waals surface area contributed by atoms with Crippen LogP contribution in [0.1, 0.15) is 6.92 Å². The van der Waals surface area contributed by atoms with Gasteiger partial charge in [-0.15, -0.1) is 0 Å². The van der Waals surface area contributed by atoms with E-state index in [0.29, 0.717) is 31.3 Å². The summed E-state index contributed by atoms with van der Waals surface area (Å²) in [6.07, 6.45) is -0.502. The van der Waals surface area contributed by atoms with Crippen molar-refractivity contribution in [2.24, 2.45) is 5.73 Å². The van der Waals surface area contributed by atoms with Crippen LogP contribution in [0.5, 0.6) is 11.5 Å². The molecule has 1 aromatic carbocycles. The summed E-state index contributed by atoms with van der Waals surface area (Å²) in [5.74, 6) is 0.880. The highest BCUT2D eigenvalue weighted by Gasteiger charge is 2.23. The second kappa shape index (κ2) is 6.43. The Hall–Kier alpha value is -1.31. The quantitative estimate of drug-likeness (QED) is 0.827. The van der Waals surface area contributed by atoms with E-state index in [0.717, 1.165) is 0 Å². The van der Waals surface area contributed by atoms with Crippen molar-refractivity contribution in [1.82, 2.24) is 0 Å². The Bertz CT molecular complexity index is 558. The zero-order chi connectivity index (χ0) is 14.6. The lowest BCUT2D eigenvalue weighted by Crippen LogP contribution is -2.31. The van der Waals surface area contributed by atoms with Gasteiger partial charge in [-0.05, 0) is 19.1 Å². The maximum absolute atomic E-state index is 12.3.